The van der Waals surface area contributed by atoms with Gasteiger partial charge >= 0.3 is 0 Å². The van der Waals surface area contributed by atoms with Gasteiger partial charge in [0.05, 0.1) is 5.60 Å². The molecule has 0 heterocycles. The molecule has 1 atom stereocenters. The normalized spacial score (nSPS) is 20.8. The minimum absolute atomic E-state index is 0.151. The zero-order valence-electron chi connectivity index (χ0n) is 11.5. The fourth-order valence-corrected chi connectivity index (χ4v) is 2.91. The SMILES string of the molecule is CCNC(CC(CC)CC)C1(OC)CCC1. The maximum atomic E-state index is 5.82. The number of hydrogen-bond donors (Lipinski definition) is 1. The monoisotopic (exact) mass is 227 g/mol. The standard InChI is InChI=1S/C14H29NO/c1-5-12(6-2)11-13(15-7-3)14(16-4)9-8-10-14/h12-13,15H,5-11H2,1-4H3. The zero-order chi connectivity index (χ0) is 12.0. The molecule has 0 bridgehead atoms. The van der Waals surface area contributed by atoms with Crippen LogP contribution in [0.15, 0.2) is 0 Å². The summed E-state index contributed by atoms with van der Waals surface area (Å²) in [5.41, 5.74) is 0.151. The molecule has 1 fully saturated rings. The molecular weight excluding hydrogens is 198 g/mol. The van der Waals surface area contributed by atoms with Crippen molar-refractivity contribution in [2.75, 3.05) is 13.7 Å². The Morgan fingerprint density at radius 1 is 1.19 bits per heavy atom. The molecule has 0 saturated heterocycles. The van der Waals surface area contributed by atoms with E-state index >= 15 is 0 Å². The third-order valence-electron chi connectivity index (χ3n) is 4.42. The van der Waals surface area contributed by atoms with E-state index < -0.39 is 0 Å². The molecule has 2 nitrogen and oxygen atoms in total. The minimum atomic E-state index is 0.151. The first-order valence-electron chi connectivity index (χ1n) is 7.00. The van der Waals surface area contributed by atoms with Gasteiger partial charge in [-0.3, -0.25) is 0 Å². The van der Waals surface area contributed by atoms with Crippen molar-refractivity contribution in [3.8, 4) is 0 Å². The molecule has 2 heteroatoms. The summed E-state index contributed by atoms with van der Waals surface area (Å²) < 4.78 is 5.82. The summed E-state index contributed by atoms with van der Waals surface area (Å²) in [4.78, 5) is 0. The van der Waals surface area contributed by atoms with Gasteiger partial charge in [0.1, 0.15) is 0 Å². The van der Waals surface area contributed by atoms with E-state index in [-0.39, 0.29) is 5.60 Å². The number of likely N-dealkylation sites (N-methyl/N-ethyl adjacent to an activating group) is 1. The van der Waals surface area contributed by atoms with Crippen LogP contribution < -0.4 is 5.32 Å². The average Bonchev–Trinajstić information content (AvgIpc) is 2.24. The predicted octanol–water partition coefficient (Wildman–Crippen LogP) is 3.36. The van der Waals surface area contributed by atoms with E-state index in [1.54, 1.807) is 0 Å². The van der Waals surface area contributed by atoms with Gasteiger partial charge in [0.2, 0.25) is 0 Å². The quantitative estimate of drug-likeness (QED) is 0.686. The highest BCUT2D eigenvalue weighted by atomic mass is 16.5. The first kappa shape index (κ1) is 14.0. The van der Waals surface area contributed by atoms with Crippen molar-refractivity contribution in [1.82, 2.24) is 5.32 Å². The fourth-order valence-electron chi connectivity index (χ4n) is 2.91. The highest BCUT2D eigenvalue weighted by Gasteiger charge is 2.44. The van der Waals surface area contributed by atoms with E-state index in [0.717, 1.165) is 12.5 Å². The van der Waals surface area contributed by atoms with Crippen molar-refractivity contribution in [2.24, 2.45) is 5.92 Å². The second-order valence-electron chi connectivity index (χ2n) is 5.15. The maximum Gasteiger partial charge on any atom is 0.0831 e. The lowest BCUT2D eigenvalue weighted by Gasteiger charge is -2.47. The molecule has 1 aliphatic rings. The van der Waals surface area contributed by atoms with Crippen LogP contribution in [0, 0.1) is 5.92 Å². The van der Waals surface area contributed by atoms with Gasteiger partial charge in [-0.1, -0.05) is 33.6 Å². The molecule has 1 N–H and O–H groups in total. The van der Waals surface area contributed by atoms with Crippen molar-refractivity contribution in [1.29, 1.82) is 0 Å². The zero-order valence-corrected chi connectivity index (χ0v) is 11.5. The van der Waals surface area contributed by atoms with Gasteiger partial charge in [-0.15, -0.1) is 0 Å². The molecule has 16 heavy (non-hydrogen) atoms. The Balaban J connectivity index is 2.58. The van der Waals surface area contributed by atoms with Crippen LogP contribution in [0.4, 0.5) is 0 Å². The Kier molecular flexibility index (Phi) is 5.77. The Morgan fingerprint density at radius 3 is 2.12 bits per heavy atom. The molecular formula is C14H29NO. The number of hydrogen-bond acceptors (Lipinski definition) is 2. The summed E-state index contributed by atoms with van der Waals surface area (Å²) in [5.74, 6) is 0.844. The second-order valence-corrected chi connectivity index (χ2v) is 5.15. The van der Waals surface area contributed by atoms with E-state index in [1.165, 1.54) is 38.5 Å². The van der Waals surface area contributed by atoms with Crippen molar-refractivity contribution in [2.45, 2.75) is 70.9 Å². The molecule has 0 aromatic rings. The summed E-state index contributed by atoms with van der Waals surface area (Å²) in [6.45, 7) is 7.85. The van der Waals surface area contributed by atoms with Crippen LogP contribution in [-0.4, -0.2) is 25.3 Å². The van der Waals surface area contributed by atoms with E-state index in [2.05, 4.69) is 26.1 Å². The highest BCUT2D eigenvalue weighted by Crippen LogP contribution is 2.40. The Labute approximate surface area is 101 Å². The summed E-state index contributed by atoms with van der Waals surface area (Å²) in [7, 11) is 1.89. The summed E-state index contributed by atoms with van der Waals surface area (Å²) in [6.07, 6.45) is 7.66. The van der Waals surface area contributed by atoms with Crippen molar-refractivity contribution in [3.05, 3.63) is 0 Å². The van der Waals surface area contributed by atoms with Crippen molar-refractivity contribution in [3.63, 3.8) is 0 Å². The number of methoxy groups -OCH3 is 1. The molecule has 1 saturated carbocycles. The van der Waals surface area contributed by atoms with Gasteiger partial charge in [-0.2, -0.15) is 0 Å². The summed E-state index contributed by atoms with van der Waals surface area (Å²) in [6, 6.07) is 0.557. The average molecular weight is 227 g/mol. The Morgan fingerprint density at radius 2 is 1.81 bits per heavy atom. The van der Waals surface area contributed by atoms with E-state index in [1.807, 2.05) is 7.11 Å². The molecule has 1 rings (SSSR count). The molecule has 1 unspecified atom stereocenters. The lowest BCUT2D eigenvalue weighted by Crippen LogP contribution is -2.57. The van der Waals surface area contributed by atoms with Gasteiger partial charge in [0.25, 0.3) is 0 Å². The van der Waals surface area contributed by atoms with Crippen LogP contribution in [0.1, 0.15) is 59.3 Å². The molecule has 0 radical (unpaired) electrons. The van der Waals surface area contributed by atoms with Gasteiger partial charge in [-0.25, -0.2) is 0 Å². The van der Waals surface area contributed by atoms with Crippen molar-refractivity contribution >= 4 is 0 Å². The van der Waals surface area contributed by atoms with E-state index in [0.29, 0.717) is 6.04 Å². The van der Waals surface area contributed by atoms with E-state index in [4.69, 9.17) is 4.74 Å². The molecule has 0 amide bonds. The smallest absolute Gasteiger partial charge is 0.0831 e. The van der Waals surface area contributed by atoms with Crippen molar-refractivity contribution < 1.29 is 4.74 Å². The first-order chi connectivity index (χ1) is 7.72. The van der Waals surface area contributed by atoms with Gasteiger partial charge in [0.15, 0.2) is 0 Å². The van der Waals surface area contributed by atoms with Crippen LogP contribution in [0.5, 0.6) is 0 Å². The summed E-state index contributed by atoms with van der Waals surface area (Å²) in [5, 5.41) is 3.65. The molecule has 0 aromatic carbocycles. The van der Waals surface area contributed by atoms with Crippen LogP contribution in [0.25, 0.3) is 0 Å². The Hall–Kier alpha value is -0.0800. The van der Waals surface area contributed by atoms with Crippen LogP contribution in [-0.2, 0) is 4.74 Å². The molecule has 96 valence electrons. The maximum absolute atomic E-state index is 5.82. The number of ether oxygens (including phenoxy) is 1. The molecule has 0 spiro atoms. The lowest BCUT2D eigenvalue weighted by atomic mass is 9.71. The number of nitrogens with one attached hydrogen (secondary N) is 1. The molecule has 1 aliphatic carbocycles. The summed E-state index contributed by atoms with van der Waals surface area (Å²) >= 11 is 0. The van der Waals surface area contributed by atoms with Crippen LogP contribution >= 0.6 is 0 Å². The van der Waals surface area contributed by atoms with Gasteiger partial charge < -0.3 is 10.1 Å². The van der Waals surface area contributed by atoms with Gasteiger partial charge in [0, 0.05) is 13.2 Å². The van der Waals surface area contributed by atoms with Gasteiger partial charge in [-0.05, 0) is 38.1 Å². The topological polar surface area (TPSA) is 21.3 Å². The highest BCUT2D eigenvalue weighted by molar-refractivity contribution is 5.00. The number of rotatable bonds is 8. The predicted molar refractivity (Wildman–Crippen MR) is 69.7 cm³/mol. The third-order valence-corrected chi connectivity index (χ3v) is 4.42. The van der Waals surface area contributed by atoms with E-state index in [9.17, 15) is 0 Å². The third kappa shape index (κ3) is 2.98. The van der Waals surface area contributed by atoms with Crippen LogP contribution in [0.3, 0.4) is 0 Å². The fraction of sp³-hybridized carbons (Fsp3) is 1.00. The Bertz CT molecular complexity index is 180. The largest absolute Gasteiger partial charge is 0.377 e. The van der Waals surface area contributed by atoms with Crippen LogP contribution in [0.2, 0.25) is 0 Å². The molecule has 0 aromatic heterocycles. The first-order valence-corrected chi connectivity index (χ1v) is 7.00. The molecule has 0 aliphatic heterocycles. The lowest BCUT2D eigenvalue weighted by molar-refractivity contribution is -0.103. The minimum Gasteiger partial charge on any atom is -0.377 e. The second kappa shape index (κ2) is 6.61.